The molecule has 0 heterocycles. The minimum Gasteiger partial charge on any atom is -0.409 e. The average molecular weight is 263 g/mol. The minimum atomic E-state index is -0.0618. The van der Waals surface area contributed by atoms with Crippen molar-refractivity contribution in [1.82, 2.24) is 4.90 Å². The highest BCUT2D eigenvalue weighted by Gasteiger charge is 2.13. The Balaban J connectivity index is 2.82. The summed E-state index contributed by atoms with van der Waals surface area (Å²) in [6.45, 7) is 4.96. The Kier molecular flexibility index (Phi) is 5.36. The summed E-state index contributed by atoms with van der Waals surface area (Å²) in [6, 6.07) is 6.77. The predicted octanol–water partition coefficient (Wildman–Crippen LogP) is 1.90. The van der Waals surface area contributed by atoms with Crippen molar-refractivity contribution >= 4 is 11.7 Å². The summed E-state index contributed by atoms with van der Waals surface area (Å²) in [5.74, 6) is 0.492. The van der Waals surface area contributed by atoms with Gasteiger partial charge in [0.05, 0.1) is 0 Å². The molecular weight excluding hydrogens is 242 g/mol. The second kappa shape index (κ2) is 6.78. The number of amides is 1. The zero-order chi connectivity index (χ0) is 14.4. The molecule has 0 aromatic heterocycles. The Morgan fingerprint density at radius 2 is 2.05 bits per heavy atom. The molecule has 1 aromatic carbocycles. The lowest BCUT2D eigenvalue weighted by molar-refractivity contribution is 0.0789. The molecule has 0 radical (unpaired) electrons. The van der Waals surface area contributed by atoms with Gasteiger partial charge in [-0.25, -0.2) is 0 Å². The smallest absolute Gasteiger partial charge is 0.253 e. The summed E-state index contributed by atoms with van der Waals surface area (Å²) < 4.78 is 0. The first-order chi connectivity index (χ1) is 8.95. The van der Waals surface area contributed by atoms with Crippen molar-refractivity contribution in [3.63, 3.8) is 0 Å². The largest absolute Gasteiger partial charge is 0.409 e. The summed E-state index contributed by atoms with van der Waals surface area (Å²) in [5.41, 5.74) is 6.58. The predicted molar refractivity (Wildman–Crippen MR) is 75.4 cm³/mol. The summed E-state index contributed by atoms with van der Waals surface area (Å²) >= 11 is 0. The number of rotatable bonds is 5. The number of benzene rings is 1. The van der Waals surface area contributed by atoms with Crippen LogP contribution in [0, 0.1) is 5.92 Å². The van der Waals surface area contributed by atoms with Crippen molar-refractivity contribution in [3.8, 4) is 0 Å². The van der Waals surface area contributed by atoms with Gasteiger partial charge in [0.2, 0.25) is 0 Å². The molecule has 1 aromatic rings. The molecule has 1 amide bonds. The lowest BCUT2D eigenvalue weighted by atomic mass is 10.1. The van der Waals surface area contributed by atoms with Crippen molar-refractivity contribution in [2.75, 3.05) is 13.6 Å². The first-order valence-electron chi connectivity index (χ1n) is 6.29. The third-order valence-corrected chi connectivity index (χ3v) is 2.90. The van der Waals surface area contributed by atoms with E-state index < -0.39 is 0 Å². The third-order valence-electron chi connectivity index (χ3n) is 2.90. The van der Waals surface area contributed by atoms with Crippen LogP contribution in [0.1, 0.15) is 36.2 Å². The van der Waals surface area contributed by atoms with Gasteiger partial charge < -0.3 is 15.8 Å². The Morgan fingerprint density at radius 3 is 2.63 bits per heavy atom. The van der Waals surface area contributed by atoms with Gasteiger partial charge in [0.25, 0.3) is 5.91 Å². The highest BCUT2D eigenvalue weighted by Crippen LogP contribution is 2.09. The van der Waals surface area contributed by atoms with Crippen LogP contribution in [-0.4, -0.2) is 35.4 Å². The molecule has 0 spiro atoms. The van der Waals surface area contributed by atoms with Crippen LogP contribution in [-0.2, 0) is 0 Å². The van der Waals surface area contributed by atoms with Crippen LogP contribution in [0.25, 0.3) is 0 Å². The average Bonchev–Trinajstić information content (AvgIpc) is 2.43. The van der Waals surface area contributed by atoms with Crippen molar-refractivity contribution in [2.45, 2.75) is 20.3 Å². The maximum atomic E-state index is 12.2. The van der Waals surface area contributed by atoms with E-state index in [1.165, 1.54) is 0 Å². The second-order valence-electron chi connectivity index (χ2n) is 4.98. The molecule has 0 aliphatic heterocycles. The van der Waals surface area contributed by atoms with E-state index in [-0.39, 0.29) is 11.7 Å². The van der Waals surface area contributed by atoms with Crippen LogP contribution < -0.4 is 5.73 Å². The molecule has 0 bridgehead atoms. The Hall–Kier alpha value is -2.04. The number of nitrogens with two attached hydrogens (primary N) is 1. The molecule has 0 saturated heterocycles. The quantitative estimate of drug-likeness (QED) is 0.368. The van der Waals surface area contributed by atoms with E-state index in [0.29, 0.717) is 23.6 Å². The number of carbonyl (C=O) groups is 1. The normalized spacial score (nSPS) is 11.7. The molecule has 0 atom stereocenters. The fourth-order valence-electron chi connectivity index (χ4n) is 1.64. The monoisotopic (exact) mass is 263 g/mol. The number of hydrogen-bond donors (Lipinski definition) is 2. The standard InChI is InChI=1S/C14H21N3O2/c1-10(2)7-8-17(3)14(18)12-6-4-5-11(9-12)13(15)16-19/h4-6,9-10,19H,7-8H2,1-3H3,(H2,15,16). The first-order valence-corrected chi connectivity index (χ1v) is 6.29. The van der Waals surface area contributed by atoms with Gasteiger partial charge in [0.15, 0.2) is 5.84 Å². The van der Waals surface area contributed by atoms with Crippen LogP contribution in [0.4, 0.5) is 0 Å². The maximum absolute atomic E-state index is 12.2. The molecule has 0 saturated carbocycles. The zero-order valence-electron chi connectivity index (χ0n) is 11.6. The summed E-state index contributed by atoms with van der Waals surface area (Å²) in [4.78, 5) is 13.9. The Morgan fingerprint density at radius 1 is 1.42 bits per heavy atom. The minimum absolute atomic E-state index is 0.000478. The number of oxime groups is 1. The van der Waals surface area contributed by atoms with Crippen molar-refractivity contribution < 1.29 is 10.0 Å². The number of amidine groups is 1. The van der Waals surface area contributed by atoms with Crippen LogP contribution in [0.5, 0.6) is 0 Å². The molecule has 0 unspecified atom stereocenters. The van der Waals surface area contributed by atoms with E-state index >= 15 is 0 Å². The van der Waals surface area contributed by atoms with Gasteiger partial charge in [0, 0.05) is 24.7 Å². The van der Waals surface area contributed by atoms with Gasteiger partial charge in [-0.15, -0.1) is 0 Å². The van der Waals surface area contributed by atoms with Crippen LogP contribution in [0.2, 0.25) is 0 Å². The molecule has 19 heavy (non-hydrogen) atoms. The molecule has 0 aliphatic carbocycles. The SMILES string of the molecule is CC(C)CCN(C)C(=O)c1cccc(C(N)=NO)c1. The van der Waals surface area contributed by atoms with E-state index in [0.717, 1.165) is 6.42 Å². The lowest BCUT2D eigenvalue weighted by Gasteiger charge is -2.18. The highest BCUT2D eigenvalue weighted by atomic mass is 16.4. The molecule has 104 valence electrons. The zero-order valence-corrected chi connectivity index (χ0v) is 11.6. The number of carbonyl (C=O) groups excluding carboxylic acids is 1. The number of hydrogen-bond acceptors (Lipinski definition) is 3. The molecule has 3 N–H and O–H groups in total. The fraction of sp³-hybridized carbons (Fsp3) is 0.429. The molecular formula is C14H21N3O2. The van der Waals surface area contributed by atoms with E-state index in [1.54, 1.807) is 36.2 Å². The molecule has 0 fully saturated rings. The van der Waals surface area contributed by atoms with Crippen LogP contribution in [0.15, 0.2) is 29.4 Å². The molecule has 5 nitrogen and oxygen atoms in total. The van der Waals surface area contributed by atoms with Gasteiger partial charge in [-0.2, -0.15) is 0 Å². The van der Waals surface area contributed by atoms with Crippen LogP contribution >= 0.6 is 0 Å². The van der Waals surface area contributed by atoms with E-state index in [9.17, 15) is 4.79 Å². The highest BCUT2D eigenvalue weighted by molar-refractivity contribution is 6.01. The van der Waals surface area contributed by atoms with Gasteiger partial charge in [-0.05, 0) is 24.5 Å². The first kappa shape index (κ1) is 15.0. The topological polar surface area (TPSA) is 78.9 Å². The van der Waals surface area contributed by atoms with Gasteiger partial charge in [-0.1, -0.05) is 31.1 Å². The van der Waals surface area contributed by atoms with Crippen molar-refractivity contribution in [1.29, 1.82) is 0 Å². The van der Waals surface area contributed by atoms with Crippen molar-refractivity contribution in [2.24, 2.45) is 16.8 Å². The lowest BCUT2D eigenvalue weighted by Crippen LogP contribution is -2.28. The summed E-state index contributed by atoms with van der Waals surface area (Å²) in [5, 5.41) is 11.6. The van der Waals surface area contributed by atoms with Crippen molar-refractivity contribution in [3.05, 3.63) is 35.4 Å². The second-order valence-corrected chi connectivity index (χ2v) is 4.98. The van der Waals surface area contributed by atoms with E-state index in [1.807, 2.05) is 0 Å². The van der Waals surface area contributed by atoms with Crippen LogP contribution in [0.3, 0.4) is 0 Å². The molecule has 1 rings (SSSR count). The van der Waals surface area contributed by atoms with Gasteiger partial charge >= 0.3 is 0 Å². The summed E-state index contributed by atoms with van der Waals surface area (Å²) in [6.07, 6.45) is 0.960. The Bertz CT molecular complexity index is 470. The summed E-state index contributed by atoms with van der Waals surface area (Å²) in [7, 11) is 1.78. The maximum Gasteiger partial charge on any atom is 0.253 e. The molecule has 0 aliphatic rings. The van der Waals surface area contributed by atoms with E-state index in [4.69, 9.17) is 10.9 Å². The van der Waals surface area contributed by atoms with Gasteiger partial charge in [-0.3, -0.25) is 4.79 Å². The number of nitrogens with zero attached hydrogens (tertiary/aromatic N) is 2. The van der Waals surface area contributed by atoms with Gasteiger partial charge in [0.1, 0.15) is 0 Å². The third kappa shape index (κ3) is 4.28. The van der Waals surface area contributed by atoms with E-state index in [2.05, 4.69) is 19.0 Å². The fourth-order valence-corrected chi connectivity index (χ4v) is 1.64. The molecule has 5 heteroatoms. The Labute approximate surface area is 113 Å².